The van der Waals surface area contributed by atoms with Gasteiger partial charge in [-0.3, -0.25) is 4.98 Å². The molecule has 2 atom stereocenters. The third kappa shape index (κ3) is 2.42. The average Bonchev–Trinajstić information content (AvgIpc) is 2.99. The molecular weight excluding hydrogens is 333 g/mol. The molecule has 0 bridgehead atoms. The van der Waals surface area contributed by atoms with Crippen molar-refractivity contribution < 1.29 is 13.9 Å². The molecule has 0 radical (unpaired) electrons. The summed E-state index contributed by atoms with van der Waals surface area (Å²) in [7, 11) is 0. The zero-order valence-electron chi connectivity index (χ0n) is 12.7. The number of aliphatic imine (C=N–C) groups is 1. The monoisotopic (exact) mass is 347 g/mol. The van der Waals surface area contributed by atoms with Crippen LogP contribution in [0.2, 0.25) is 5.02 Å². The van der Waals surface area contributed by atoms with E-state index in [2.05, 4.69) is 9.98 Å². The van der Waals surface area contributed by atoms with Crippen molar-refractivity contribution in [3.05, 3.63) is 53.1 Å². The summed E-state index contributed by atoms with van der Waals surface area (Å²) < 4.78 is 25.5. The molecule has 2 aliphatic heterocycles. The van der Waals surface area contributed by atoms with Crippen LogP contribution in [0.3, 0.4) is 0 Å². The number of ether oxygens (including phenoxy) is 2. The van der Waals surface area contributed by atoms with Crippen LogP contribution in [0.1, 0.15) is 5.56 Å². The molecule has 4 rings (SSSR count). The third-order valence-electron chi connectivity index (χ3n) is 4.53. The molecule has 1 aromatic carbocycles. The van der Waals surface area contributed by atoms with Gasteiger partial charge in [0, 0.05) is 29.4 Å². The number of benzene rings is 1. The first-order chi connectivity index (χ1) is 11.6. The number of hydrogen-bond donors (Lipinski definition) is 1. The number of pyridine rings is 1. The van der Waals surface area contributed by atoms with Gasteiger partial charge in [-0.05, 0) is 23.8 Å². The Morgan fingerprint density at radius 2 is 2.08 bits per heavy atom. The first-order valence-electron chi connectivity index (χ1n) is 7.55. The molecule has 24 heavy (non-hydrogen) atoms. The van der Waals surface area contributed by atoms with Crippen molar-refractivity contribution in [3.8, 4) is 11.1 Å². The number of rotatable bonds is 2. The van der Waals surface area contributed by atoms with Gasteiger partial charge >= 0.3 is 0 Å². The predicted octanol–water partition coefficient (Wildman–Crippen LogP) is 2.73. The largest absolute Gasteiger partial charge is 0.465 e. The van der Waals surface area contributed by atoms with Crippen molar-refractivity contribution in [3.63, 3.8) is 0 Å². The van der Waals surface area contributed by atoms with Crippen LogP contribution in [0.5, 0.6) is 0 Å². The molecule has 3 heterocycles. The molecule has 1 aromatic heterocycles. The van der Waals surface area contributed by atoms with E-state index in [1.165, 1.54) is 6.07 Å². The normalized spacial score (nSPS) is 25.8. The smallest absolute Gasteiger partial charge is 0.282 e. The Labute approximate surface area is 143 Å². The van der Waals surface area contributed by atoms with Crippen LogP contribution < -0.4 is 5.73 Å². The number of nitrogens with two attached hydrogens (primary N) is 1. The Balaban J connectivity index is 1.86. The zero-order valence-corrected chi connectivity index (χ0v) is 13.5. The Hall–Kier alpha value is -2.18. The highest BCUT2D eigenvalue weighted by atomic mass is 35.5. The second-order valence-electron chi connectivity index (χ2n) is 5.98. The summed E-state index contributed by atoms with van der Waals surface area (Å²) in [6.45, 7) is 1.09. The highest BCUT2D eigenvalue weighted by Gasteiger charge is 2.50. The lowest BCUT2D eigenvalue weighted by Crippen LogP contribution is -2.43. The van der Waals surface area contributed by atoms with Gasteiger partial charge in [0.25, 0.3) is 6.02 Å². The van der Waals surface area contributed by atoms with Crippen LogP contribution in [0.15, 0.2) is 41.7 Å². The van der Waals surface area contributed by atoms with Crippen LogP contribution in [0, 0.1) is 11.7 Å². The van der Waals surface area contributed by atoms with Crippen molar-refractivity contribution in [2.75, 3.05) is 19.8 Å². The molecule has 7 heteroatoms. The van der Waals surface area contributed by atoms with Crippen molar-refractivity contribution in [1.82, 2.24) is 4.98 Å². The molecule has 0 amide bonds. The first-order valence-corrected chi connectivity index (χ1v) is 7.93. The molecular formula is C17H15ClFN3O2. The van der Waals surface area contributed by atoms with E-state index in [1.54, 1.807) is 30.6 Å². The number of fused-ring (bicyclic) bond motifs is 1. The number of aromatic nitrogens is 1. The van der Waals surface area contributed by atoms with Gasteiger partial charge in [-0.15, -0.1) is 0 Å². The van der Waals surface area contributed by atoms with E-state index in [1.807, 2.05) is 0 Å². The van der Waals surface area contributed by atoms with Gasteiger partial charge in [-0.25, -0.2) is 9.38 Å². The third-order valence-corrected chi connectivity index (χ3v) is 4.74. The minimum Gasteiger partial charge on any atom is -0.465 e. The van der Waals surface area contributed by atoms with Crippen molar-refractivity contribution in [2.45, 2.75) is 5.54 Å². The summed E-state index contributed by atoms with van der Waals surface area (Å²) in [6, 6.07) is 6.74. The number of hydrogen-bond acceptors (Lipinski definition) is 5. The zero-order chi connectivity index (χ0) is 16.7. The van der Waals surface area contributed by atoms with Gasteiger partial charge in [0.2, 0.25) is 0 Å². The molecule has 2 aromatic rings. The van der Waals surface area contributed by atoms with Gasteiger partial charge in [-0.2, -0.15) is 0 Å². The van der Waals surface area contributed by atoms with Gasteiger partial charge in [0.15, 0.2) is 0 Å². The maximum absolute atomic E-state index is 14.7. The van der Waals surface area contributed by atoms with E-state index in [0.717, 1.165) is 11.1 Å². The highest BCUT2D eigenvalue weighted by Crippen LogP contribution is 2.43. The molecule has 2 unspecified atom stereocenters. The minimum atomic E-state index is -0.853. The summed E-state index contributed by atoms with van der Waals surface area (Å²) in [5, 5.41) is 0.520. The van der Waals surface area contributed by atoms with Crippen LogP contribution in [-0.2, 0) is 15.0 Å². The van der Waals surface area contributed by atoms with E-state index < -0.39 is 5.54 Å². The van der Waals surface area contributed by atoms with Gasteiger partial charge in [0.05, 0.1) is 24.8 Å². The molecule has 0 spiro atoms. The predicted molar refractivity (Wildman–Crippen MR) is 88.2 cm³/mol. The maximum atomic E-state index is 14.7. The lowest BCUT2D eigenvalue weighted by molar-refractivity contribution is 0.154. The van der Waals surface area contributed by atoms with Gasteiger partial charge in [0.1, 0.15) is 11.4 Å². The molecule has 2 aliphatic rings. The van der Waals surface area contributed by atoms with Gasteiger partial charge in [-0.1, -0.05) is 17.7 Å². The molecule has 0 saturated carbocycles. The van der Waals surface area contributed by atoms with Crippen LogP contribution in [-0.4, -0.2) is 30.8 Å². The fraction of sp³-hybridized carbons (Fsp3) is 0.294. The first kappa shape index (κ1) is 15.4. The number of amidine groups is 1. The van der Waals surface area contributed by atoms with Crippen LogP contribution in [0.4, 0.5) is 4.39 Å². The lowest BCUT2D eigenvalue weighted by Gasteiger charge is -2.34. The minimum absolute atomic E-state index is 0.0611. The number of halogens is 2. The summed E-state index contributed by atoms with van der Waals surface area (Å²) in [4.78, 5) is 8.51. The second kappa shape index (κ2) is 5.72. The Morgan fingerprint density at radius 1 is 1.21 bits per heavy atom. The summed E-state index contributed by atoms with van der Waals surface area (Å²) in [6.07, 6.45) is 3.24. The second-order valence-corrected chi connectivity index (χ2v) is 6.42. The van der Waals surface area contributed by atoms with Crippen molar-refractivity contribution in [2.24, 2.45) is 16.6 Å². The molecule has 124 valence electrons. The molecule has 0 aliphatic carbocycles. The average molecular weight is 348 g/mol. The fourth-order valence-electron chi connectivity index (χ4n) is 3.30. The quantitative estimate of drug-likeness (QED) is 0.906. The Morgan fingerprint density at radius 3 is 2.92 bits per heavy atom. The van der Waals surface area contributed by atoms with E-state index in [9.17, 15) is 4.39 Å². The molecule has 1 saturated heterocycles. The molecule has 2 N–H and O–H groups in total. The molecule has 5 nitrogen and oxygen atoms in total. The maximum Gasteiger partial charge on any atom is 0.282 e. The summed E-state index contributed by atoms with van der Waals surface area (Å²) >= 11 is 6.01. The fourth-order valence-corrected chi connectivity index (χ4v) is 3.48. The summed E-state index contributed by atoms with van der Waals surface area (Å²) in [5.41, 5.74) is 6.97. The Bertz CT molecular complexity index is 829. The van der Waals surface area contributed by atoms with E-state index >= 15 is 0 Å². The summed E-state index contributed by atoms with van der Waals surface area (Å²) in [5.74, 6) is -0.422. The standard InChI is InChI=1S/C17H15ClFN3O2/c18-13-3-11(5-21-6-13)10-1-2-15(19)14(4-10)17-9-23-7-12(17)8-24-16(20)22-17/h1-6,12H,7-9H2,(H2,20,22). The Kier molecular flexibility index (Phi) is 3.66. The van der Waals surface area contributed by atoms with Crippen molar-refractivity contribution >= 4 is 17.6 Å². The molecule has 1 fully saturated rings. The van der Waals surface area contributed by atoms with E-state index in [0.29, 0.717) is 23.8 Å². The van der Waals surface area contributed by atoms with Crippen LogP contribution >= 0.6 is 11.6 Å². The SMILES string of the molecule is NC1=NC2(c3cc(-c4cncc(Cl)c4)ccc3F)COCC2CO1. The van der Waals surface area contributed by atoms with E-state index in [-0.39, 0.29) is 24.4 Å². The van der Waals surface area contributed by atoms with E-state index in [4.69, 9.17) is 26.8 Å². The lowest BCUT2D eigenvalue weighted by atomic mass is 9.79. The van der Waals surface area contributed by atoms with Crippen LogP contribution in [0.25, 0.3) is 11.1 Å². The number of nitrogens with zero attached hydrogens (tertiary/aromatic N) is 2. The highest BCUT2D eigenvalue weighted by molar-refractivity contribution is 6.30. The van der Waals surface area contributed by atoms with Gasteiger partial charge < -0.3 is 15.2 Å². The topological polar surface area (TPSA) is 69.7 Å². The van der Waals surface area contributed by atoms with Crippen molar-refractivity contribution in [1.29, 1.82) is 0 Å².